The van der Waals surface area contributed by atoms with E-state index in [1.807, 2.05) is 0 Å². The van der Waals surface area contributed by atoms with Gasteiger partial charge in [0.2, 0.25) is 5.82 Å². The van der Waals surface area contributed by atoms with E-state index in [4.69, 9.17) is 5.11 Å². The molecule has 0 aliphatic rings. The van der Waals surface area contributed by atoms with Crippen molar-refractivity contribution in [2.24, 2.45) is 10.2 Å². The van der Waals surface area contributed by atoms with Crippen molar-refractivity contribution in [1.82, 2.24) is 5.16 Å². The molecule has 0 spiro atoms. The molecule has 6 nitrogen and oxygen atoms in total. The second-order valence-electron chi connectivity index (χ2n) is 3.19. The lowest BCUT2D eigenvalue weighted by molar-refractivity contribution is 0.420. The van der Waals surface area contributed by atoms with Gasteiger partial charge in [0.15, 0.2) is 0 Å². The van der Waals surface area contributed by atoms with Gasteiger partial charge >= 0.3 is 0 Å². The summed E-state index contributed by atoms with van der Waals surface area (Å²) in [6.07, 6.45) is 1.45. The normalized spacial score (nSPS) is 11.1. The molecule has 82 valence electrons. The zero-order valence-corrected chi connectivity index (χ0v) is 8.45. The number of benzene rings is 1. The Morgan fingerprint density at radius 3 is 2.69 bits per heavy atom. The van der Waals surface area contributed by atoms with Gasteiger partial charge in [-0.3, -0.25) is 0 Å². The Balaban J connectivity index is 2.27. The van der Waals surface area contributed by atoms with Crippen LogP contribution in [0, 0.1) is 6.92 Å². The molecule has 0 bridgehead atoms. The molecule has 6 heteroatoms. The number of azo groups is 1. The van der Waals surface area contributed by atoms with Gasteiger partial charge in [0.05, 0.1) is 0 Å². The van der Waals surface area contributed by atoms with Gasteiger partial charge in [0, 0.05) is 11.6 Å². The molecule has 0 atom stereocenters. The fourth-order valence-corrected chi connectivity index (χ4v) is 1.07. The average Bonchev–Trinajstić information content (AvgIpc) is 2.63. The first-order valence-corrected chi connectivity index (χ1v) is 4.51. The Bertz CT molecular complexity index is 534. The van der Waals surface area contributed by atoms with E-state index in [1.54, 1.807) is 6.92 Å². The summed E-state index contributed by atoms with van der Waals surface area (Å²) >= 11 is 0. The predicted molar refractivity (Wildman–Crippen MR) is 55.2 cm³/mol. The number of hydrogen-bond acceptors (Lipinski definition) is 6. The first-order valence-electron chi connectivity index (χ1n) is 4.51. The molecule has 0 saturated carbocycles. The van der Waals surface area contributed by atoms with E-state index in [1.165, 1.54) is 24.5 Å². The molecule has 0 amide bonds. The number of phenols is 2. The fraction of sp³-hybridized carbons (Fsp3) is 0.100. The molecular weight excluding hydrogens is 210 g/mol. The topological polar surface area (TPSA) is 91.2 Å². The van der Waals surface area contributed by atoms with E-state index in [2.05, 4.69) is 19.9 Å². The highest BCUT2D eigenvalue weighted by molar-refractivity contribution is 5.53. The molecule has 1 aromatic carbocycles. The molecular formula is C10H9N3O3. The standard InChI is InChI=1S/C10H9N3O3/c1-6-5-16-13-10(6)12-11-8-3-2-7(14)4-9(8)15/h2-5,14-15H,1H3. The highest BCUT2D eigenvalue weighted by Gasteiger charge is 2.03. The summed E-state index contributed by atoms with van der Waals surface area (Å²) in [4.78, 5) is 0. The van der Waals surface area contributed by atoms with Crippen molar-refractivity contribution in [3.63, 3.8) is 0 Å². The van der Waals surface area contributed by atoms with E-state index in [0.29, 0.717) is 5.82 Å². The Hall–Kier alpha value is -2.37. The van der Waals surface area contributed by atoms with Gasteiger partial charge in [0.25, 0.3) is 0 Å². The third kappa shape index (κ3) is 2.00. The van der Waals surface area contributed by atoms with Gasteiger partial charge in [-0.1, -0.05) is 5.16 Å². The van der Waals surface area contributed by atoms with E-state index in [-0.39, 0.29) is 17.2 Å². The molecule has 0 fully saturated rings. The van der Waals surface area contributed by atoms with Crippen molar-refractivity contribution in [1.29, 1.82) is 0 Å². The maximum atomic E-state index is 9.43. The quantitative estimate of drug-likeness (QED) is 0.759. The molecule has 2 aromatic rings. The van der Waals surface area contributed by atoms with Crippen molar-refractivity contribution < 1.29 is 14.7 Å². The third-order valence-corrected chi connectivity index (χ3v) is 1.93. The van der Waals surface area contributed by atoms with Crippen molar-refractivity contribution in [3.05, 3.63) is 30.0 Å². The Kier molecular flexibility index (Phi) is 2.55. The summed E-state index contributed by atoms with van der Waals surface area (Å²) in [5, 5.41) is 29.7. The van der Waals surface area contributed by atoms with Crippen LogP contribution in [-0.2, 0) is 0 Å². The molecule has 0 saturated heterocycles. The van der Waals surface area contributed by atoms with Crippen LogP contribution >= 0.6 is 0 Å². The predicted octanol–water partition coefficient (Wildman–Crippen LogP) is 2.81. The number of rotatable bonds is 2. The summed E-state index contributed by atoms with van der Waals surface area (Å²) in [5.41, 5.74) is 1.00. The van der Waals surface area contributed by atoms with Crippen LogP contribution in [0.2, 0.25) is 0 Å². The molecule has 0 aliphatic heterocycles. The number of phenolic OH excluding ortho intramolecular Hbond substituents is 2. The second-order valence-corrected chi connectivity index (χ2v) is 3.19. The molecule has 1 aromatic heterocycles. The molecule has 2 N–H and O–H groups in total. The molecule has 0 radical (unpaired) electrons. The zero-order chi connectivity index (χ0) is 11.5. The maximum absolute atomic E-state index is 9.43. The van der Waals surface area contributed by atoms with Crippen molar-refractivity contribution >= 4 is 11.5 Å². The number of nitrogens with zero attached hydrogens (tertiary/aromatic N) is 3. The van der Waals surface area contributed by atoms with Gasteiger partial charge in [-0.25, -0.2) is 0 Å². The van der Waals surface area contributed by atoms with E-state index >= 15 is 0 Å². The molecule has 2 rings (SSSR count). The summed E-state index contributed by atoms with van der Waals surface area (Å²) in [6.45, 7) is 1.78. The van der Waals surface area contributed by atoms with Crippen LogP contribution in [0.15, 0.2) is 39.2 Å². The lowest BCUT2D eigenvalue weighted by atomic mass is 10.3. The minimum Gasteiger partial charge on any atom is -0.508 e. The summed E-state index contributed by atoms with van der Waals surface area (Å²) in [7, 11) is 0. The SMILES string of the molecule is Cc1conc1N=Nc1ccc(O)cc1O. The van der Waals surface area contributed by atoms with Crippen molar-refractivity contribution in [2.45, 2.75) is 6.92 Å². The van der Waals surface area contributed by atoms with Crippen LogP contribution in [0.25, 0.3) is 0 Å². The van der Waals surface area contributed by atoms with Crippen LogP contribution in [-0.4, -0.2) is 15.4 Å². The Labute approximate surface area is 90.9 Å². The smallest absolute Gasteiger partial charge is 0.219 e. The molecule has 1 heterocycles. The van der Waals surface area contributed by atoms with Gasteiger partial charge in [-0.15, -0.1) is 10.2 Å². The average molecular weight is 219 g/mol. The van der Waals surface area contributed by atoms with E-state index < -0.39 is 0 Å². The third-order valence-electron chi connectivity index (χ3n) is 1.93. The van der Waals surface area contributed by atoms with Gasteiger partial charge in [-0.05, 0) is 19.1 Å². The molecule has 0 unspecified atom stereocenters. The first-order chi connectivity index (χ1) is 7.66. The lowest BCUT2D eigenvalue weighted by Crippen LogP contribution is -1.69. The van der Waals surface area contributed by atoms with Gasteiger partial charge in [0.1, 0.15) is 23.4 Å². The minimum absolute atomic E-state index is 0.0333. The first kappa shape index (κ1) is 10.2. The Morgan fingerprint density at radius 1 is 1.25 bits per heavy atom. The van der Waals surface area contributed by atoms with Crippen molar-refractivity contribution in [3.8, 4) is 11.5 Å². The number of hydrogen-bond donors (Lipinski definition) is 2. The maximum Gasteiger partial charge on any atom is 0.219 e. The number of aromatic hydroxyl groups is 2. The van der Waals surface area contributed by atoms with Gasteiger partial charge in [-0.2, -0.15) is 0 Å². The van der Waals surface area contributed by atoms with E-state index in [0.717, 1.165) is 5.56 Å². The van der Waals surface area contributed by atoms with Crippen molar-refractivity contribution in [2.75, 3.05) is 0 Å². The van der Waals surface area contributed by atoms with Crippen LogP contribution in [0.1, 0.15) is 5.56 Å². The largest absolute Gasteiger partial charge is 0.508 e. The van der Waals surface area contributed by atoms with E-state index in [9.17, 15) is 5.11 Å². The van der Waals surface area contributed by atoms with Crippen LogP contribution in [0.3, 0.4) is 0 Å². The highest BCUT2D eigenvalue weighted by Crippen LogP contribution is 2.31. The van der Waals surface area contributed by atoms with Crippen LogP contribution < -0.4 is 0 Å². The number of aryl methyl sites for hydroxylation is 1. The highest BCUT2D eigenvalue weighted by atomic mass is 16.5. The summed E-state index contributed by atoms with van der Waals surface area (Å²) < 4.78 is 4.68. The van der Waals surface area contributed by atoms with Gasteiger partial charge < -0.3 is 14.7 Å². The van der Waals surface area contributed by atoms with Crippen LogP contribution in [0.4, 0.5) is 11.5 Å². The minimum atomic E-state index is -0.148. The lowest BCUT2D eigenvalue weighted by Gasteiger charge is -1.97. The summed E-state index contributed by atoms with van der Waals surface area (Å²) in [6, 6.07) is 4.04. The molecule has 16 heavy (non-hydrogen) atoms. The summed E-state index contributed by atoms with van der Waals surface area (Å²) in [5.74, 6) is 0.173. The number of aromatic nitrogens is 1. The zero-order valence-electron chi connectivity index (χ0n) is 8.45. The second kappa shape index (κ2) is 4.01. The Morgan fingerprint density at radius 2 is 2.06 bits per heavy atom. The van der Waals surface area contributed by atoms with Crippen LogP contribution in [0.5, 0.6) is 11.5 Å². The monoisotopic (exact) mass is 219 g/mol. The molecule has 0 aliphatic carbocycles. The fourth-order valence-electron chi connectivity index (χ4n) is 1.07.